The molecule has 0 bridgehead atoms. The summed E-state index contributed by atoms with van der Waals surface area (Å²) in [7, 11) is 0. The number of carbonyl (C=O) groups excluding carboxylic acids is 1. The van der Waals surface area contributed by atoms with E-state index < -0.39 is 5.41 Å². The van der Waals surface area contributed by atoms with Crippen LogP contribution in [-0.4, -0.2) is 30.7 Å². The number of hydrogen-bond acceptors (Lipinski definition) is 4. The van der Waals surface area contributed by atoms with Crippen molar-refractivity contribution in [1.29, 1.82) is 0 Å². The fourth-order valence-electron chi connectivity index (χ4n) is 1.68. The van der Waals surface area contributed by atoms with Gasteiger partial charge in [0.05, 0.1) is 4.99 Å². The van der Waals surface area contributed by atoms with Crippen LogP contribution in [0.25, 0.3) is 0 Å². The van der Waals surface area contributed by atoms with Crippen LogP contribution in [0.15, 0.2) is 18.2 Å². The van der Waals surface area contributed by atoms with Gasteiger partial charge in [-0.25, -0.2) is 0 Å². The molecule has 20 heavy (non-hydrogen) atoms. The monoisotopic (exact) mass is 294 g/mol. The maximum atomic E-state index is 12.1. The van der Waals surface area contributed by atoms with Gasteiger partial charge in [0.15, 0.2) is 11.5 Å². The van der Waals surface area contributed by atoms with Crippen LogP contribution in [0.4, 0.5) is 0 Å². The Morgan fingerprint density at radius 3 is 2.65 bits per heavy atom. The second-order valence-electron chi connectivity index (χ2n) is 5.29. The van der Waals surface area contributed by atoms with Crippen LogP contribution in [0.1, 0.15) is 24.2 Å². The number of amides is 1. The van der Waals surface area contributed by atoms with Gasteiger partial charge in [0.1, 0.15) is 13.2 Å². The number of carbonyl (C=O) groups is 1. The van der Waals surface area contributed by atoms with Crippen LogP contribution in [0.3, 0.4) is 0 Å². The molecule has 3 N–H and O–H groups in total. The third-order valence-corrected chi connectivity index (χ3v) is 3.71. The second kappa shape index (κ2) is 5.66. The summed E-state index contributed by atoms with van der Waals surface area (Å²) in [6.07, 6.45) is 0. The first-order valence-electron chi connectivity index (χ1n) is 6.38. The minimum Gasteiger partial charge on any atom is -0.486 e. The number of rotatable bonds is 4. The van der Waals surface area contributed by atoms with Crippen LogP contribution in [-0.2, 0) is 0 Å². The lowest BCUT2D eigenvalue weighted by Gasteiger charge is -2.23. The average molecular weight is 294 g/mol. The van der Waals surface area contributed by atoms with E-state index in [9.17, 15) is 4.79 Å². The molecule has 1 heterocycles. The summed E-state index contributed by atoms with van der Waals surface area (Å²) in [5, 5.41) is 2.82. The van der Waals surface area contributed by atoms with Crippen molar-refractivity contribution >= 4 is 23.1 Å². The molecule has 0 atom stereocenters. The van der Waals surface area contributed by atoms with Crippen molar-refractivity contribution in [2.45, 2.75) is 13.8 Å². The van der Waals surface area contributed by atoms with Gasteiger partial charge in [0.25, 0.3) is 5.91 Å². The van der Waals surface area contributed by atoms with Crippen molar-refractivity contribution in [2.75, 3.05) is 19.8 Å². The fraction of sp³-hybridized carbons (Fsp3) is 0.429. The topological polar surface area (TPSA) is 73.6 Å². The Morgan fingerprint density at radius 1 is 1.35 bits per heavy atom. The van der Waals surface area contributed by atoms with Crippen LogP contribution in [0.5, 0.6) is 11.5 Å². The first-order chi connectivity index (χ1) is 9.40. The third-order valence-electron chi connectivity index (χ3n) is 3.16. The minimum absolute atomic E-state index is 0.189. The van der Waals surface area contributed by atoms with Gasteiger partial charge in [0, 0.05) is 17.5 Å². The lowest BCUT2D eigenvalue weighted by atomic mass is 9.93. The first-order valence-corrected chi connectivity index (χ1v) is 6.79. The van der Waals surface area contributed by atoms with Gasteiger partial charge >= 0.3 is 0 Å². The zero-order chi connectivity index (χ0) is 14.8. The highest BCUT2D eigenvalue weighted by molar-refractivity contribution is 7.80. The van der Waals surface area contributed by atoms with E-state index in [1.54, 1.807) is 18.2 Å². The van der Waals surface area contributed by atoms with Gasteiger partial charge < -0.3 is 20.5 Å². The lowest BCUT2D eigenvalue weighted by Crippen LogP contribution is -2.41. The zero-order valence-electron chi connectivity index (χ0n) is 11.6. The van der Waals surface area contributed by atoms with Crippen molar-refractivity contribution < 1.29 is 14.3 Å². The Kier molecular flexibility index (Phi) is 4.13. The van der Waals surface area contributed by atoms with Gasteiger partial charge in [-0.05, 0) is 18.2 Å². The molecule has 0 saturated carbocycles. The van der Waals surface area contributed by atoms with Gasteiger partial charge in [-0.2, -0.15) is 0 Å². The summed E-state index contributed by atoms with van der Waals surface area (Å²) in [5.41, 5.74) is 5.73. The van der Waals surface area contributed by atoms with Crippen molar-refractivity contribution in [3.8, 4) is 11.5 Å². The predicted molar refractivity (Wildman–Crippen MR) is 80.3 cm³/mol. The summed E-state index contributed by atoms with van der Waals surface area (Å²) in [4.78, 5) is 12.5. The van der Waals surface area contributed by atoms with Crippen LogP contribution >= 0.6 is 12.2 Å². The number of thiocarbonyl (C=S) groups is 1. The number of benzene rings is 1. The highest BCUT2D eigenvalue weighted by Crippen LogP contribution is 2.30. The first kappa shape index (κ1) is 14.6. The molecule has 108 valence electrons. The molecule has 0 spiro atoms. The maximum Gasteiger partial charge on any atom is 0.251 e. The summed E-state index contributed by atoms with van der Waals surface area (Å²) in [6.45, 7) is 5.18. The van der Waals surface area contributed by atoms with Crippen molar-refractivity contribution in [1.82, 2.24) is 5.32 Å². The van der Waals surface area contributed by atoms with Gasteiger partial charge in [0.2, 0.25) is 0 Å². The molecule has 0 radical (unpaired) electrons. The third kappa shape index (κ3) is 3.19. The van der Waals surface area contributed by atoms with Crippen LogP contribution < -0.4 is 20.5 Å². The van der Waals surface area contributed by atoms with Crippen molar-refractivity contribution in [3.63, 3.8) is 0 Å². The van der Waals surface area contributed by atoms with E-state index in [1.165, 1.54) is 0 Å². The molecule has 5 nitrogen and oxygen atoms in total. The highest BCUT2D eigenvalue weighted by atomic mass is 32.1. The molecule has 1 aliphatic rings. The SMILES string of the molecule is CC(C)(CNC(=O)c1ccc2c(c1)OCCO2)C(N)=S. The van der Waals surface area contributed by atoms with E-state index in [0.29, 0.717) is 41.8 Å². The normalized spacial score (nSPS) is 13.7. The molecule has 0 saturated heterocycles. The van der Waals surface area contributed by atoms with E-state index in [2.05, 4.69) is 5.32 Å². The van der Waals surface area contributed by atoms with Crippen molar-refractivity contribution in [3.05, 3.63) is 23.8 Å². The molecular weight excluding hydrogens is 276 g/mol. The lowest BCUT2D eigenvalue weighted by molar-refractivity contribution is 0.0943. The largest absolute Gasteiger partial charge is 0.486 e. The maximum absolute atomic E-state index is 12.1. The van der Waals surface area contributed by atoms with E-state index >= 15 is 0 Å². The minimum atomic E-state index is -0.418. The molecule has 1 aromatic carbocycles. The molecule has 1 amide bonds. The number of nitrogens with two attached hydrogens (primary N) is 1. The molecule has 6 heteroatoms. The van der Waals surface area contributed by atoms with Crippen LogP contribution in [0, 0.1) is 5.41 Å². The Hall–Kier alpha value is -1.82. The number of fused-ring (bicyclic) bond motifs is 1. The molecule has 0 fully saturated rings. The van der Waals surface area contributed by atoms with Crippen molar-refractivity contribution in [2.24, 2.45) is 11.1 Å². The summed E-state index contributed by atoms with van der Waals surface area (Å²) in [5.74, 6) is 1.07. The molecule has 1 aliphatic heterocycles. The standard InChI is InChI=1S/C14H18N2O3S/c1-14(2,13(15)20)8-16-12(17)9-3-4-10-11(7-9)19-6-5-18-10/h3-4,7H,5-6,8H2,1-2H3,(H2,15,20)(H,16,17). The summed E-state index contributed by atoms with van der Waals surface area (Å²) in [6, 6.07) is 5.12. The molecule has 0 aromatic heterocycles. The fourth-order valence-corrected chi connectivity index (χ4v) is 1.75. The average Bonchev–Trinajstić information content (AvgIpc) is 2.44. The number of hydrogen-bond donors (Lipinski definition) is 2. The Balaban J connectivity index is 2.04. The van der Waals surface area contributed by atoms with E-state index in [4.69, 9.17) is 27.4 Å². The molecule has 0 aliphatic carbocycles. The molecule has 0 unspecified atom stereocenters. The highest BCUT2D eigenvalue weighted by Gasteiger charge is 2.23. The van der Waals surface area contributed by atoms with E-state index in [1.807, 2.05) is 13.8 Å². The smallest absolute Gasteiger partial charge is 0.251 e. The van der Waals surface area contributed by atoms with E-state index in [-0.39, 0.29) is 5.91 Å². The number of nitrogens with one attached hydrogen (secondary N) is 1. The molecule has 1 aromatic rings. The quantitative estimate of drug-likeness (QED) is 0.823. The van der Waals surface area contributed by atoms with Gasteiger partial charge in [-0.15, -0.1) is 0 Å². The Bertz CT molecular complexity index is 543. The van der Waals surface area contributed by atoms with Crippen LogP contribution in [0.2, 0.25) is 0 Å². The van der Waals surface area contributed by atoms with Gasteiger partial charge in [-0.1, -0.05) is 26.1 Å². The Labute approximate surface area is 123 Å². The Morgan fingerprint density at radius 2 is 2.00 bits per heavy atom. The van der Waals surface area contributed by atoms with Gasteiger partial charge in [-0.3, -0.25) is 4.79 Å². The number of ether oxygens (including phenoxy) is 2. The summed E-state index contributed by atoms with van der Waals surface area (Å²) < 4.78 is 10.9. The predicted octanol–water partition coefficient (Wildman–Crippen LogP) is 1.50. The molecular formula is C14H18N2O3S. The van der Waals surface area contributed by atoms with E-state index in [0.717, 1.165) is 0 Å². The molecule has 2 rings (SSSR count). The zero-order valence-corrected chi connectivity index (χ0v) is 12.4. The second-order valence-corrected chi connectivity index (χ2v) is 5.73. The summed E-state index contributed by atoms with van der Waals surface area (Å²) >= 11 is 4.97.